The smallest absolute Gasteiger partial charge is 0.324 e. The molecule has 0 aromatic carbocycles. The highest BCUT2D eigenvalue weighted by Gasteiger charge is 2.41. The van der Waals surface area contributed by atoms with Crippen molar-refractivity contribution in [1.29, 1.82) is 0 Å². The molecular weight excluding hydrogens is 214 g/mol. The molecule has 0 aliphatic carbocycles. The molecule has 0 bridgehead atoms. The molecule has 86 valence electrons. The van der Waals surface area contributed by atoms with E-state index in [0.717, 1.165) is 10.9 Å². The van der Waals surface area contributed by atoms with Crippen LogP contribution in [0.15, 0.2) is 12.5 Å². The molecule has 1 heterocycles. The van der Waals surface area contributed by atoms with Gasteiger partial charge in [0, 0.05) is 12.2 Å². The van der Waals surface area contributed by atoms with Gasteiger partial charge in [0.15, 0.2) is 0 Å². The van der Waals surface area contributed by atoms with Gasteiger partial charge in [-0.2, -0.15) is 8.78 Å². The van der Waals surface area contributed by atoms with Crippen molar-refractivity contribution in [2.24, 2.45) is 5.73 Å². The summed E-state index contributed by atoms with van der Waals surface area (Å²) < 4.78 is 50.2. The summed E-state index contributed by atoms with van der Waals surface area (Å²) in [6.07, 6.45) is -1.35. The van der Waals surface area contributed by atoms with E-state index in [-0.39, 0.29) is 0 Å². The van der Waals surface area contributed by atoms with Crippen LogP contribution < -0.4 is 5.73 Å². The lowest BCUT2D eigenvalue weighted by Crippen LogP contribution is -2.33. The summed E-state index contributed by atoms with van der Waals surface area (Å²) in [7, 11) is 0. The zero-order valence-electron chi connectivity index (χ0n) is 8.00. The molecule has 1 aromatic heterocycles. The average molecular weight is 225 g/mol. The van der Waals surface area contributed by atoms with Gasteiger partial charge in [-0.05, 0) is 6.92 Å². The number of rotatable bonds is 4. The summed E-state index contributed by atoms with van der Waals surface area (Å²) in [5.74, 6) is -4.07. The van der Waals surface area contributed by atoms with Gasteiger partial charge < -0.3 is 10.3 Å². The van der Waals surface area contributed by atoms with Crippen molar-refractivity contribution >= 4 is 0 Å². The first-order chi connectivity index (χ1) is 6.84. The molecule has 0 radical (unpaired) electrons. The van der Waals surface area contributed by atoms with Crippen molar-refractivity contribution in [3.05, 3.63) is 18.2 Å². The minimum Gasteiger partial charge on any atom is -0.327 e. The molecule has 0 saturated heterocycles. The van der Waals surface area contributed by atoms with Crippen molar-refractivity contribution in [2.45, 2.75) is 31.9 Å². The van der Waals surface area contributed by atoms with Crippen molar-refractivity contribution in [3.63, 3.8) is 0 Å². The third kappa shape index (κ3) is 2.68. The number of alkyl halides is 4. The fourth-order valence-corrected chi connectivity index (χ4v) is 1.14. The molecule has 0 aliphatic rings. The predicted molar refractivity (Wildman–Crippen MR) is 45.8 cm³/mol. The molecule has 7 heteroatoms. The lowest BCUT2D eigenvalue weighted by atomic mass is 10.2. The first-order valence-corrected chi connectivity index (χ1v) is 4.26. The Morgan fingerprint density at radius 1 is 1.53 bits per heavy atom. The third-order valence-electron chi connectivity index (χ3n) is 1.91. The maximum absolute atomic E-state index is 12.7. The van der Waals surface area contributed by atoms with Gasteiger partial charge in [-0.1, -0.05) is 0 Å². The van der Waals surface area contributed by atoms with Gasteiger partial charge in [0.2, 0.25) is 0 Å². The molecule has 3 nitrogen and oxygen atoms in total. The average Bonchev–Trinajstić information content (AvgIpc) is 2.51. The van der Waals surface area contributed by atoms with Gasteiger partial charge in [-0.25, -0.2) is 13.8 Å². The Morgan fingerprint density at radius 3 is 2.60 bits per heavy atom. The maximum Gasteiger partial charge on any atom is 0.324 e. The van der Waals surface area contributed by atoms with Crippen molar-refractivity contribution in [1.82, 2.24) is 9.55 Å². The molecule has 0 spiro atoms. The van der Waals surface area contributed by atoms with E-state index in [4.69, 9.17) is 5.73 Å². The zero-order chi connectivity index (χ0) is 11.6. The normalized spacial score (nSPS) is 14.6. The van der Waals surface area contributed by atoms with E-state index in [2.05, 4.69) is 4.98 Å². The summed E-state index contributed by atoms with van der Waals surface area (Å²) in [5, 5.41) is 0. The lowest BCUT2D eigenvalue weighted by molar-refractivity contribution is -0.138. The van der Waals surface area contributed by atoms with Crippen molar-refractivity contribution in [2.75, 3.05) is 0 Å². The highest BCUT2D eigenvalue weighted by atomic mass is 19.3. The van der Waals surface area contributed by atoms with E-state index in [1.54, 1.807) is 6.92 Å². The van der Waals surface area contributed by atoms with Crippen molar-refractivity contribution in [3.8, 4) is 0 Å². The van der Waals surface area contributed by atoms with Crippen LogP contribution in [0.1, 0.15) is 18.7 Å². The SMILES string of the molecule is C[C@@H](N)c1cncn1CC(F)(F)C(F)F. The number of hydrogen-bond acceptors (Lipinski definition) is 2. The van der Waals surface area contributed by atoms with Gasteiger partial charge in [-0.3, -0.25) is 0 Å². The van der Waals surface area contributed by atoms with Gasteiger partial charge >= 0.3 is 12.3 Å². The number of nitrogens with zero attached hydrogens (tertiary/aromatic N) is 2. The number of hydrogen-bond donors (Lipinski definition) is 1. The zero-order valence-corrected chi connectivity index (χ0v) is 8.00. The minimum atomic E-state index is -4.07. The van der Waals surface area contributed by atoms with Crippen LogP contribution in [-0.2, 0) is 6.54 Å². The third-order valence-corrected chi connectivity index (χ3v) is 1.91. The first-order valence-electron chi connectivity index (χ1n) is 4.26. The molecule has 15 heavy (non-hydrogen) atoms. The topological polar surface area (TPSA) is 43.8 Å². The molecule has 0 fully saturated rings. The maximum atomic E-state index is 12.7. The van der Waals surface area contributed by atoms with E-state index in [0.29, 0.717) is 5.69 Å². The van der Waals surface area contributed by atoms with E-state index in [1.165, 1.54) is 6.20 Å². The monoisotopic (exact) mass is 225 g/mol. The van der Waals surface area contributed by atoms with Crippen LogP contribution in [-0.4, -0.2) is 21.9 Å². The quantitative estimate of drug-likeness (QED) is 0.794. The molecular formula is C8H11F4N3. The van der Waals surface area contributed by atoms with E-state index in [1.807, 2.05) is 0 Å². The summed E-state index contributed by atoms with van der Waals surface area (Å²) in [5.41, 5.74) is 5.76. The van der Waals surface area contributed by atoms with Crippen LogP contribution in [0.3, 0.4) is 0 Å². The van der Waals surface area contributed by atoms with E-state index >= 15 is 0 Å². The van der Waals surface area contributed by atoms with Gasteiger partial charge in [0.05, 0.1) is 18.6 Å². The second-order valence-electron chi connectivity index (χ2n) is 3.30. The minimum absolute atomic E-state index is 0.301. The molecule has 1 rings (SSSR count). The van der Waals surface area contributed by atoms with Gasteiger partial charge in [0.25, 0.3) is 0 Å². The standard InChI is InChI=1S/C8H11F4N3/c1-5(13)6-2-14-4-15(6)3-8(11,12)7(9)10/h2,4-5,7H,3,13H2,1H3/t5-/m1/s1. The number of nitrogens with two attached hydrogens (primary N) is 1. The summed E-state index contributed by atoms with van der Waals surface area (Å²) in [6.45, 7) is 0.454. The van der Waals surface area contributed by atoms with E-state index in [9.17, 15) is 17.6 Å². The molecule has 2 N–H and O–H groups in total. The Balaban J connectivity index is 2.85. The largest absolute Gasteiger partial charge is 0.327 e. The first kappa shape index (κ1) is 12.0. The highest BCUT2D eigenvalue weighted by Crippen LogP contribution is 2.26. The van der Waals surface area contributed by atoms with Crippen molar-refractivity contribution < 1.29 is 17.6 Å². The van der Waals surface area contributed by atoms with Gasteiger partial charge in [-0.15, -0.1) is 0 Å². The Hall–Kier alpha value is -1.11. The molecule has 1 aromatic rings. The molecule has 1 atom stereocenters. The number of aromatic nitrogens is 2. The molecule has 0 unspecified atom stereocenters. The Morgan fingerprint density at radius 2 is 2.13 bits per heavy atom. The Bertz CT molecular complexity index is 321. The summed E-state index contributed by atoms with van der Waals surface area (Å²) in [6, 6.07) is -0.527. The predicted octanol–water partition coefficient (Wildman–Crippen LogP) is 1.80. The fourth-order valence-electron chi connectivity index (χ4n) is 1.14. The number of halogens is 4. The van der Waals surface area contributed by atoms with Crippen LogP contribution in [0, 0.1) is 0 Å². The van der Waals surface area contributed by atoms with Crippen LogP contribution in [0.2, 0.25) is 0 Å². The number of imidazole rings is 1. The van der Waals surface area contributed by atoms with Gasteiger partial charge in [0.1, 0.15) is 0 Å². The van der Waals surface area contributed by atoms with Crippen LogP contribution >= 0.6 is 0 Å². The molecule has 0 saturated carbocycles. The second kappa shape index (κ2) is 4.18. The van der Waals surface area contributed by atoms with Crippen LogP contribution in [0.5, 0.6) is 0 Å². The summed E-state index contributed by atoms with van der Waals surface area (Å²) >= 11 is 0. The van der Waals surface area contributed by atoms with Crippen LogP contribution in [0.25, 0.3) is 0 Å². The summed E-state index contributed by atoms with van der Waals surface area (Å²) in [4.78, 5) is 3.59. The Kier molecular flexibility index (Phi) is 3.33. The second-order valence-corrected chi connectivity index (χ2v) is 3.30. The lowest BCUT2D eigenvalue weighted by Gasteiger charge is -2.18. The Labute approximate surface area is 83.9 Å². The van der Waals surface area contributed by atoms with E-state index < -0.39 is 24.9 Å². The molecule has 0 aliphatic heterocycles. The fraction of sp³-hybridized carbons (Fsp3) is 0.625. The van der Waals surface area contributed by atoms with Crippen LogP contribution in [0.4, 0.5) is 17.6 Å². The highest BCUT2D eigenvalue weighted by molar-refractivity contribution is 5.03. The molecule has 0 amide bonds.